The summed E-state index contributed by atoms with van der Waals surface area (Å²) in [6.07, 6.45) is 0. The summed E-state index contributed by atoms with van der Waals surface area (Å²) in [7, 11) is 0. The van der Waals surface area contributed by atoms with E-state index in [1.807, 2.05) is 43.3 Å². The van der Waals surface area contributed by atoms with Gasteiger partial charge in [-0.05, 0) is 36.2 Å². The van der Waals surface area contributed by atoms with Crippen molar-refractivity contribution in [3.05, 3.63) is 59.2 Å². The number of amidine groups is 1. The molecule has 0 spiro atoms. The second-order valence-corrected chi connectivity index (χ2v) is 6.06. The lowest BCUT2D eigenvalue weighted by molar-refractivity contribution is 0.229. The highest BCUT2D eigenvalue weighted by Gasteiger charge is 2.34. The normalized spacial score (nSPS) is 19.5. The number of aryl methyl sites for hydroxylation is 1. The number of nitrogens with two attached hydrogens (primary N) is 1. The molecule has 2 aliphatic heterocycles. The monoisotopic (exact) mass is 306 g/mol. The molecule has 4 rings (SSSR count). The molecule has 1 atom stereocenters. The van der Waals surface area contributed by atoms with Crippen LogP contribution in [0.1, 0.15) is 22.6 Å². The smallest absolute Gasteiger partial charge is 0.327 e. The molecule has 2 aromatic rings. The van der Waals surface area contributed by atoms with Gasteiger partial charge in [0, 0.05) is 30.3 Å². The van der Waals surface area contributed by atoms with Crippen molar-refractivity contribution < 1.29 is 4.79 Å². The van der Waals surface area contributed by atoms with Gasteiger partial charge in [0.25, 0.3) is 0 Å². The van der Waals surface area contributed by atoms with E-state index in [0.717, 1.165) is 28.3 Å². The molecule has 2 heterocycles. The Hall–Kier alpha value is -2.82. The molecule has 0 saturated heterocycles. The Kier molecular flexibility index (Phi) is 3.08. The lowest BCUT2D eigenvalue weighted by atomic mass is 9.94. The van der Waals surface area contributed by atoms with Crippen LogP contribution in [0.15, 0.2) is 47.5 Å². The van der Waals surface area contributed by atoms with E-state index in [1.165, 1.54) is 5.56 Å². The average molecular weight is 306 g/mol. The van der Waals surface area contributed by atoms with Crippen LogP contribution in [0.5, 0.6) is 0 Å². The number of fused-ring (bicyclic) bond motifs is 3. The summed E-state index contributed by atoms with van der Waals surface area (Å²) in [5, 5.41) is 2.94. The predicted octanol–water partition coefficient (Wildman–Crippen LogP) is 2.97. The second-order valence-electron chi connectivity index (χ2n) is 6.06. The van der Waals surface area contributed by atoms with Crippen LogP contribution in [0.25, 0.3) is 0 Å². The molecule has 5 heteroatoms. The van der Waals surface area contributed by atoms with E-state index in [9.17, 15) is 4.79 Å². The molecule has 2 aromatic carbocycles. The summed E-state index contributed by atoms with van der Waals surface area (Å²) in [6, 6.07) is 13.7. The maximum Gasteiger partial charge on any atom is 0.327 e. The first-order valence-electron chi connectivity index (χ1n) is 7.72. The lowest BCUT2D eigenvalue weighted by Crippen LogP contribution is -2.49. The summed E-state index contributed by atoms with van der Waals surface area (Å²) in [5.74, 6) is 0.960. The fourth-order valence-corrected chi connectivity index (χ4v) is 3.19. The largest absolute Gasteiger partial charge is 0.399 e. The fraction of sp³-hybridized carbons (Fsp3) is 0.222. The number of rotatable bonds is 1. The topological polar surface area (TPSA) is 70.7 Å². The lowest BCUT2D eigenvalue weighted by Gasteiger charge is -2.36. The van der Waals surface area contributed by atoms with Crippen LogP contribution in [0, 0.1) is 6.92 Å². The van der Waals surface area contributed by atoms with E-state index in [2.05, 4.69) is 11.4 Å². The van der Waals surface area contributed by atoms with E-state index >= 15 is 0 Å². The zero-order valence-electron chi connectivity index (χ0n) is 12.9. The maximum atomic E-state index is 12.4. The Bertz CT molecular complexity index is 828. The summed E-state index contributed by atoms with van der Waals surface area (Å²) in [6.45, 7) is 3.30. The number of hydrogen-bond donors (Lipinski definition) is 2. The molecule has 3 N–H and O–H groups in total. The number of benzene rings is 2. The van der Waals surface area contributed by atoms with Crippen molar-refractivity contribution in [3.8, 4) is 0 Å². The third kappa shape index (κ3) is 2.25. The van der Waals surface area contributed by atoms with Gasteiger partial charge in [0.15, 0.2) is 0 Å². The fourth-order valence-electron chi connectivity index (χ4n) is 3.19. The first-order valence-corrected chi connectivity index (χ1v) is 7.72. The Morgan fingerprint density at radius 2 is 2.09 bits per heavy atom. The van der Waals surface area contributed by atoms with Crippen molar-refractivity contribution in [2.45, 2.75) is 12.8 Å². The molecule has 23 heavy (non-hydrogen) atoms. The number of aliphatic imine (C=N–C) groups is 1. The molecule has 0 radical (unpaired) electrons. The zero-order chi connectivity index (χ0) is 16.0. The number of nitrogens with zero attached hydrogens (tertiary/aromatic N) is 2. The molecule has 0 fully saturated rings. The maximum absolute atomic E-state index is 12.4. The first-order chi connectivity index (χ1) is 11.1. The summed E-state index contributed by atoms with van der Waals surface area (Å²) in [5.41, 5.74) is 10.7. The Labute approximate surface area is 134 Å². The van der Waals surface area contributed by atoms with Crippen molar-refractivity contribution >= 4 is 23.2 Å². The number of anilines is 2. The van der Waals surface area contributed by atoms with Gasteiger partial charge in [0.2, 0.25) is 0 Å². The highest BCUT2D eigenvalue weighted by Crippen LogP contribution is 2.30. The average Bonchev–Trinajstić information content (AvgIpc) is 2.57. The molecule has 0 bridgehead atoms. The highest BCUT2D eigenvalue weighted by molar-refractivity contribution is 6.18. The van der Waals surface area contributed by atoms with Crippen molar-refractivity contribution in [1.29, 1.82) is 0 Å². The standard InChI is InChI=1S/C18H18N4O/c1-11-8-12(6-7-15(11)19)13-9-20-17-14-4-2-3-5-16(14)21-18(23)22(17)10-13/h2-8,13H,9-10,19H2,1H3,(H,21,23). The third-order valence-corrected chi connectivity index (χ3v) is 4.54. The van der Waals surface area contributed by atoms with E-state index in [0.29, 0.717) is 13.1 Å². The molecule has 0 aromatic heterocycles. The van der Waals surface area contributed by atoms with Crippen molar-refractivity contribution in [1.82, 2.24) is 4.90 Å². The van der Waals surface area contributed by atoms with Gasteiger partial charge in [-0.2, -0.15) is 0 Å². The molecule has 2 amide bonds. The summed E-state index contributed by atoms with van der Waals surface area (Å²) < 4.78 is 0. The van der Waals surface area contributed by atoms with E-state index < -0.39 is 0 Å². The van der Waals surface area contributed by atoms with Gasteiger partial charge >= 0.3 is 6.03 Å². The minimum atomic E-state index is -0.112. The van der Waals surface area contributed by atoms with Crippen LogP contribution in [0.3, 0.4) is 0 Å². The van der Waals surface area contributed by atoms with Crippen LogP contribution in [-0.4, -0.2) is 29.9 Å². The van der Waals surface area contributed by atoms with Gasteiger partial charge in [0.1, 0.15) is 5.84 Å². The SMILES string of the molecule is Cc1cc(C2CN=C3c4ccccc4NC(=O)N3C2)ccc1N. The Morgan fingerprint density at radius 3 is 2.91 bits per heavy atom. The van der Waals surface area contributed by atoms with Crippen LogP contribution in [0.2, 0.25) is 0 Å². The number of hydrogen-bond acceptors (Lipinski definition) is 3. The zero-order valence-corrected chi connectivity index (χ0v) is 12.9. The molecule has 5 nitrogen and oxygen atoms in total. The van der Waals surface area contributed by atoms with Gasteiger partial charge in [-0.15, -0.1) is 0 Å². The van der Waals surface area contributed by atoms with Gasteiger partial charge in [0.05, 0.1) is 5.69 Å². The van der Waals surface area contributed by atoms with Crippen LogP contribution < -0.4 is 11.1 Å². The second kappa shape index (κ2) is 5.12. The van der Waals surface area contributed by atoms with Crippen molar-refractivity contribution in [2.24, 2.45) is 4.99 Å². The number of nitrogens with one attached hydrogen (secondary N) is 1. The number of carbonyl (C=O) groups excluding carboxylic acids is 1. The minimum absolute atomic E-state index is 0.112. The Morgan fingerprint density at radius 1 is 1.26 bits per heavy atom. The van der Waals surface area contributed by atoms with E-state index in [-0.39, 0.29) is 11.9 Å². The van der Waals surface area contributed by atoms with Crippen molar-refractivity contribution in [2.75, 3.05) is 24.1 Å². The molecule has 1 unspecified atom stereocenters. The molecular weight excluding hydrogens is 288 g/mol. The molecule has 0 aliphatic carbocycles. The van der Waals surface area contributed by atoms with Crippen molar-refractivity contribution in [3.63, 3.8) is 0 Å². The van der Waals surface area contributed by atoms with Gasteiger partial charge in [-0.25, -0.2) is 4.79 Å². The quantitative estimate of drug-likeness (QED) is 0.795. The van der Waals surface area contributed by atoms with E-state index in [4.69, 9.17) is 10.7 Å². The molecule has 2 aliphatic rings. The number of carbonyl (C=O) groups is 1. The minimum Gasteiger partial charge on any atom is -0.399 e. The van der Waals surface area contributed by atoms with E-state index in [1.54, 1.807) is 4.90 Å². The van der Waals surface area contributed by atoms with Crippen LogP contribution in [0.4, 0.5) is 16.2 Å². The van der Waals surface area contributed by atoms with Crippen LogP contribution >= 0.6 is 0 Å². The molecule has 116 valence electrons. The Balaban J connectivity index is 1.70. The third-order valence-electron chi connectivity index (χ3n) is 4.54. The summed E-state index contributed by atoms with van der Waals surface area (Å²) in [4.78, 5) is 18.8. The van der Waals surface area contributed by atoms with Gasteiger partial charge in [-0.1, -0.05) is 24.3 Å². The number of urea groups is 1. The van der Waals surface area contributed by atoms with Gasteiger partial charge in [-0.3, -0.25) is 9.89 Å². The summed E-state index contributed by atoms with van der Waals surface area (Å²) >= 11 is 0. The predicted molar refractivity (Wildman–Crippen MR) is 91.9 cm³/mol. The molecule has 0 saturated carbocycles. The number of para-hydroxylation sites is 1. The first kappa shape index (κ1) is 13.8. The number of amides is 2. The highest BCUT2D eigenvalue weighted by atomic mass is 16.2. The van der Waals surface area contributed by atoms with Crippen LogP contribution in [-0.2, 0) is 0 Å². The van der Waals surface area contributed by atoms with Gasteiger partial charge < -0.3 is 11.1 Å². The number of nitrogen functional groups attached to an aromatic ring is 1. The molecular formula is C18H18N4O.